The number of hydroxylamine groups is 1. The van der Waals surface area contributed by atoms with Crippen LogP contribution in [0.25, 0.3) is 0 Å². The quantitative estimate of drug-likeness (QED) is 0.366. The molecule has 0 heterocycles. The molecule has 1 rings (SSSR count). The summed E-state index contributed by atoms with van der Waals surface area (Å²) in [5, 5.41) is 16.9. The number of benzene rings is 1. The van der Waals surface area contributed by atoms with E-state index in [9.17, 15) is 0 Å². The monoisotopic (exact) mass is 180 g/mol. The van der Waals surface area contributed by atoms with Crippen LogP contribution in [-0.4, -0.2) is 23.3 Å². The molecule has 0 aliphatic carbocycles. The van der Waals surface area contributed by atoms with E-state index in [1.807, 2.05) is 29.7 Å². The van der Waals surface area contributed by atoms with Gasteiger partial charge in [0.25, 0.3) is 0 Å². The van der Waals surface area contributed by atoms with Crippen LogP contribution in [0, 0.1) is 0 Å². The van der Waals surface area contributed by atoms with E-state index in [1.54, 1.807) is 0 Å². The highest BCUT2D eigenvalue weighted by Crippen LogP contribution is 2.12. The lowest BCUT2D eigenvalue weighted by atomic mass is 10.1. The summed E-state index contributed by atoms with van der Waals surface area (Å²) in [4.78, 5) is 3.88. The Morgan fingerprint density at radius 3 is 2.54 bits per heavy atom. The third-order valence-electron chi connectivity index (χ3n) is 1.61. The fraction of sp³-hybridized carbons (Fsp3) is 0.222. The van der Waals surface area contributed by atoms with Crippen molar-refractivity contribution in [3.63, 3.8) is 0 Å². The number of nitrogens with zero attached hydrogens (tertiary/aromatic N) is 1. The van der Waals surface area contributed by atoms with Gasteiger partial charge in [0.2, 0.25) is 0 Å². The van der Waals surface area contributed by atoms with E-state index in [0.717, 1.165) is 11.3 Å². The molecule has 0 aromatic heterocycles. The zero-order chi connectivity index (χ0) is 9.52. The average Bonchev–Trinajstić information content (AvgIpc) is 2.17. The van der Waals surface area contributed by atoms with Gasteiger partial charge in [0, 0.05) is 6.61 Å². The molecule has 0 unspecified atom stereocenters. The summed E-state index contributed by atoms with van der Waals surface area (Å²) in [7, 11) is 0. The van der Waals surface area contributed by atoms with Gasteiger partial charge in [-0.3, -0.25) is 10.7 Å². The maximum absolute atomic E-state index is 8.66. The van der Waals surface area contributed by atoms with Gasteiger partial charge in [-0.2, -0.15) is 0 Å². The molecule has 1 aromatic carbocycles. The SMILES string of the molecule is OCCc1ccc(N=CNO)cc1. The molecule has 0 aliphatic rings. The Balaban J connectivity index is 2.64. The molecule has 0 aliphatic heterocycles. The molecule has 4 nitrogen and oxygen atoms in total. The predicted molar refractivity (Wildman–Crippen MR) is 50.3 cm³/mol. The molecule has 1 aromatic rings. The molecular formula is C9H12N2O2. The molecule has 13 heavy (non-hydrogen) atoms. The molecule has 0 radical (unpaired) electrons. The highest BCUT2D eigenvalue weighted by atomic mass is 16.5. The minimum Gasteiger partial charge on any atom is -0.396 e. The Kier molecular flexibility index (Phi) is 3.95. The molecule has 0 saturated heterocycles. The lowest BCUT2D eigenvalue weighted by molar-refractivity contribution is 0.240. The fourth-order valence-electron chi connectivity index (χ4n) is 0.981. The van der Waals surface area contributed by atoms with Crippen LogP contribution in [0.2, 0.25) is 0 Å². The fourth-order valence-corrected chi connectivity index (χ4v) is 0.981. The number of hydrogen-bond acceptors (Lipinski definition) is 3. The van der Waals surface area contributed by atoms with Crippen LogP contribution < -0.4 is 5.48 Å². The van der Waals surface area contributed by atoms with E-state index in [0.29, 0.717) is 6.42 Å². The molecular weight excluding hydrogens is 168 g/mol. The highest BCUT2D eigenvalue weighted by molar-refractivity contribution is 5.59. The van der Waals surface area contributed by atoms with Crippen LogP contribution in [0.15, 0.2) is 29.3 Å². The highest BCUT2D eigenvalue weighted by Gasteiger charge is 1.91. The summed E-state index contributed by atoms with van der Waals surface area (Å²) < 4.78 is 0. The number of aliphatic hydroxyl groups excluding tert-OH is 1. The zero-order valence-corrected chi connectivity index (χ0v) is 7.14. The molecule has 70 valence electrons. The van der Waals surface area contributed by atoms with Crippen molar-refractivity contribution < 1.29 is 10.3 Å². The van der Waals surface area contributed by atoms with Crippen LogP contribution in [0.5, 0.6) is 0 Å². The third kappa shape index (κ3) is 3.23. The smallest absolute Gasteiger partial charge is 0.113 e. The molecule has 0 fully saturated rings. The molecule has 0 spiro atoms. The molecule has 4 heteroatoms. The van der Waals surface area contributed by atoms with Crippen LogP contribution in [-0.2, 0) is 6.42 Å². The van der Waals surface area contributed by atoms with Gasteiger partial charge in [-0.15, -0.1) is 0 Å². The molecule has 0 atom stereocenters. The van der Waals surface area contributed by atoms with Gasteiger partial charge in [0.05, 0.1) is 5.69 Å². The third-order valence-corrected chi connectivity index (χ3v) is 1.61. The topological polar surface area (TPSA) is 64.9 Å². The maximum Gasteiger partial charge on any atom is 0.113 e. The van der Waals surface area contributed by atoms with E-state index in [4.69, 9.17) is 10.3 Å². The first-order valence-electron chi connectivity index (χ1n) is 3.99. The van der Waals surface area contributed by atoms with Gasteiger partial charge in [0.15, 0.2) is 0 Å². The molecule has 0 saturated carbocycles. The van der Waals surface area contributed by atoms with Crippen molar-refractivity contribution >= 4 is 12.0 Å². The van der Waals surface area contributed by atoms with Crippen molar-refractivity contribution in [1.82, 2.24) is 5.48 Å². The van der Waals surface area contributed by atoms with Crippen molar-refractivity contribution in [2.45, 2.75) is 6.42 Å². The average molecular weight is 180 g/mol. The Morgan fingerprint density at radius 1 is 1.31 bits per heavy atom. The second-order valence-corrected chi connectivity index (χ2v) is 2.53. The summed E-state index contributed by atoms with van der Waals surface area (Å²) in [5.74, 6) is 0. The van der Waals surface area contributed by atoms with E-state index in [1.165, 1.54) is 6.34 Å². The summed E-state index contributed by atoms with van der Waals surface area (Å²) in [6.45, 7) is 0.154. The first kappa shape index (κ1) is 9.70. The normalized spacial score (nSPS) is 10.6. The molecule has 3 N–H and O–H groups in total. The summed E-state index contributed by atoms with van der Waals surface area (Å²) >= 11 is 0. The molecule has 0 amide bonds. The second-order valence-electron chi connectivity index (χ2n) is 2.53. The minimum absolute atomic E-state index is 0.154. The van der Waals surface area contributed by atoms with Gasteiger partial charge >= 0.3 is 0 Å². The van der Waals surface area contributed by atoms with Gasteiger partial charge in [-0.1, -0.05) is 12.1 Å². The van der Waals surface area contributed by atoms with Gasteiger partial charge in [-0.05, 0) is 24.1 Å². The van der Waals surface area contributed by atoms with Gasteiger partial charge in [0.1, 0.15) is 6.34 Å². The van der Waals surface area contributed by atoms with Gasteiger partial charge in [-0.25, -0.2) is 4.99 Å². The first-order valence-corrected chi connectivity index (χ1v) is 3.99. The number of aliphatic imine (C=N–C) groups is 1. The molecule has 0 bridgehead atoms. The summed E-state index contributed by atoms with van der Waals surface area (Å²) in [5.41, 5.74) is 3.65. The summed E-state index contributed by atoms with van der Waals surface area (Å²) in [6.07, 6.45) is 1.85. The number of rotatable bonds is 4. The Morgan fingerprint density at radius 2 is 2.00 bits per heavy atom. The van der Waals surface area contributed by atoms with Crippen molar-refractivity contribution in [2.24, 2.45) is 4.99 Å². The predicted octanol–water partition coefficient (Wildman–Crippen LogP) is 0.860. The van der Waals surface area contributed by atoms with E-state index < -0.39 is 0 Å². The van der Waals surface area contributed by atoms with Crippen molar-refractivity contribution in [2.75, 3.05) is 6.61 Å². The van der Waals surface area contributed by atoms with Crippen molar-refractivity contribution in [3.05, 3.63) is 29.8 Å². The van der Waals surface area contributed by atoms with E-state index in [-0.39, 0.29) is 6.61 Å². The number of hydrogen-bond donors (Lipinski definition) is 3. The lowest BCUT2D eigenvalue weighted by Crippen LogP contribution is -2.00. The number of aliphatic hydroxyl groups is 1. The number of nitrogens with one attached hydrogen (secondary N) is 1. The maximum atomic E-state index is 8.66. The summed E-state index contributed by atoms with van der Waals surface area (Å²) in [6, 6.07) is 7.41. The van der Waals surface area contributed by atoms with E-state index in [2.05, 4.69) is 4.99 Å². The first-order chi connectivity index (χ1) is 6.36. The Bertz CT molecular complexity index is 269. The zero-order valence-electron chi connectivity index (χ0n) is 7.14. The van der Waals surface area contributed by atoms with E-state index >= 15 is 0 Å². The van der Waals surface area contributed by atoms with Crippen LogP contribution in [0.3, 0.4) is 0 Å². The standard InChI is InChI=1S/C9H12N2O2/c12-6-5-8-1-3-9(4-2-8)10-7-11-13/h1-4,7,12-13H,5-6H2,(H,10,11). The van der Waals surface area contributed by atoms with Crippen LogP contribution >= 0.6 is 0 Å². The van der Waals surface area contributed by atoms with Crippen LogP contribution in [0.4, 0.5) is 5.69 Å². The largest absolute Gasteiger partial charge is 0.396 e. The Hall–Kier alpha value is -1.39. The Labute approximate surface area is 76.5 Å². The lowest BCUT2D eigenvalue weighted by Gasteiger charge is -1.97. The van der Waals surface area contributed by atoms with Gasteiger partial charge < -0.3 is 5.11 Å². The minimum atomic E-state index is 0.154. The second kappa shape index (κ2) is 5.29. The van der Waals surface area contributed by atoms with Crippen molar-refractivity contribution in [3.8, 4) is 0 Å². The van der Waals surface area contributed by atoms with Crippen molar-refractivity contribution in [1.29, 1.82) is 0 Å². The van der Waals surface area contributed by atoms with Crippen LogP contribution in [0.1, 0.15) is 5.56 Å².